The molecule has 0 aliphatic heterocycles. The molecule has 0 saturated carbocycles. The van der Waals surface area contributed by atoms with Gasteiger partial charge in [0.15, 0.2) is 5.16 Å². The maximum atomic E-state index is 12.3. The summed E-state index contributed by atoms with van der Waals surface area (Å²) in [6.07, 6.45) is 0.00382. The topological polar surface area (TPSA) is 93.3 Å². The summed E-state index contributed by atoms with van der Waals surface area (Å²) in [7, 11) is 1.62. The van der Waals surface area contributed by atoms with Gasteiger partial charge in [0.2, 0.25) is 5.91 Å². The molecule has 0 fully saturated rings. The van der Waals surface area contributed by atoms with Crippen molar-refractivity contribution in [2.24, 2.45) is 0 Å². The van der Waals surface area contributed by atoms with Gasteiger partial charge in [-0.05, 0) is 48.9 Å². The van der Waals surface area contributed by atoms with E-state index < -0.39 is 0 Å². The molecule has 0 atom stereocenters. The highest BCUT2D eigenvalue weighted by Gasteiger charge is 2.09. The number of thioether (sulfide) groups is 1. The number of amides is 1. The number of hydrogen-bond donors (Lipinski definition) is 2. The van der Waals surface area contributed by atoms with Gasteiger partial charge in [0.1, 0.15) is 11.5 Å². The van der Waals surface area contributed by atoms with Crippen LogP contribution in [-0.4, -0.2) is 29.6 Å². The minimum atomic E-state index is -0.290. The zero-order valence-electron chi connectivity index (χ0n) is 16.8. The Hall–Kier alpha value is -3.26. The fourth-order valence-electron chi connectivity index (χ4n) is 2.73. The van der Waals surface area contributed by atoms with Gasteiger partial charge in [0, 0.05) is 17.5 Å². The van der Waals surface area contributed by atoms with E-state index in [1.165, 1.54) is 17.8 Å². The molecule has 0 radical (unpaired) electrons. The molecule has 1 aromatic heterocycles. The second-order valence-corrected chi connectivity index (χ2v) is 7.33. The first kappa shape index (κ1) is 21.4. The molecule has 1 amide bonds. The van der Waals surface area contributed by atoms with Crippen LogP contribution in [0.4, 0.5) is 5.69 Å². The highest BCUT2D eigenvalue weighted by atomic mass is 32.2. The average Bonchev–Trinajstić information content (AvgIpc) is 2.73. The van der Waals surface area contributed by atoms with E-state index in [1.54, 1.807) is 31.4 Å². The first-order valence-corrected chi connectivity index (χ1v) is 10.4. The molecule has 0 saturated heterocycles. The van der Waals surface area contributed by atoms with E-state index in [0.717, 1.165) is 17.1 Å². The Bertz CT molecular complexity index is 1050. The number of carbonyl (C=O) groups is 1. The van der Waals surface area contributed by atoms with E-state index in [-0.39, 0.29) is 17.9 Å². The Kier molecular flexibility index (Phi) is 7.51. The third-order valence-corrected chi connectivity index (χ3v) is 5.02. The van der Waals surface area contributed by atoms with Gasteiger partial charge in [-0.15, -0.1) is 0 Å². The lowest BCUT2D eigenvalue weighted by Gasteiger charge is -2.08. The molecule has 0 aliphatic carbocycles. The summed E-state index contributed by atoms with van der Waals surface area (Å²) in [5, 5.41) is 3.27. The van der Waals surface area contributed by atoms with Crippen LogP contribution in [0.3, 0.4) is 0 Å². The Morgan fingerprint density at radius 2 is 1.93 bits per heavy atom. The van der Waals surface area contributed by atoms with E-state index in [9.17, 15) is 9.59 Å². The molecule has 0 bridgehead atoms. The number of rotatable bonds is 9. The number of aromatic amines is 1. The number of anilines is 1. The van der Waals surface area contributed by atoms with Crippen molar-refractivity contribution in [3.05, 3.63) is 76.2 Å². The van der Waals surface area contributed by atoms with Crippen molar-refractivity contribution in [2.75, 3.05) is 19.0 Å². The van der Waals surface area contributed by atoms with E-state index in [1.807, 2.05) is 31.2 Å². The van der Waals surface area contributed by atoms with Crippen molar-refractivity contribution in [2.45, 2.75) is 24.3 Å². The molecule has 156 valence electrons. The standard InChI is InChI=1S/C22H23N3O4S/c1-3-29-18-9-7-16(8-10-18)23-20(26)12-17-13-21(27)25-22(24-17)30-14-15-5-4-6-19(11-15)28-2/h4-11,13H,3,12,14H2,1-2H3,(H,23,26)(H,24,25,27). The van der Waals surface area contributed by atoms with Crippen LogP contribution in [0.25, 0.3) is 0 Å². The van der Waals surface area contributed by atoms with Crippen molar-refractivity contribution >= 4 is 23.4 Å². The largest absolute Gasteiger partial charge is 0.497 e. The molecule has 8 heteroatoms. The van der Waals surface area contributed by atoms with Crippen LogP contribution < -0.4 is 20.3 Å². The summed E-state index contributed by atoms with van der Waals surface area (Å²) in [5.74, 6) is 1.88. The summed E-state index contributed by atoms with van der Waals surface area (Å²) >= 11 is 1.39. The summed E-state index contributed by atoms with van der Waals surface area (Å²) in [6, 6.07) is 16.1. The predicted octanol–water partition coefficient (Wildman–Crippen LogP) is 3.65. The number of H-pyrrole nitrogens is 1. The summed E-state index contributed by atoms with van der Waals surface area (Å²) < 4.78 is 10.6. The maximum absolute atomic E-state index is 12.3. The molecule has 30 heavy (non-hydrogen) atoms. The molecular formula is C22H23N3O4S. The summed E-state index contributed by atoms with van der Waals surface area (Å²) in [6.45, 7) is 2.49. The first-order valence-electron chi connectivity index (χ1n) is 9.44. The van der Waals surface area contributed by atoms with Gasteiger partial charge >= 0.3 is 0 Å². The quantitative estimate of drug-likeness (QED) is 0.402. The van der Waals surface area contributed by atoms with Crippen LogP contribution in [0.1, 0.15) is 18.2 Å². The van der Waals surface area contributed by atoms with Crippen LogP contribution in [0.2, 0.25) is 0 Å². The normalized spacial score (nSPS) is 10.5. The van der Waals surface area contributed by atoms with Crippen molar-refractivity contribution in [3.8, 4) is 11.5 Å². The molecule has 1 heterocycles. The smallest absolute Gasteiger partial charge is 0.251 e. The highest BCUT2D eigenvalue weighted by molar-refractivity contribution is 7.98. The fourth-order valence-corrected chi connectivity index (χ4v) is 3.56. The Morgan fingerprint density at radius 1 is 1.13 bits per heavy atom. The number of carbonyl (C=O) groups excluding carboxylic acids is 1. The zero-order valence-corrected chi connectivity index (χ0v) is 17.6. The highest BCUT2D eigenvalue weighted by Crippen LogP contribution is 2.21. The molecule has 0 aliphatic rings. The molecule has 2 aromatic carbocycles. The molecule has 2 N–H and O–H groups in total. The number of nitrogens with zero attached hydrogens (tertiary/aromatic N) is 1. The van der Waals surface area contributed by atoms with Crippen LogP contribution in [0, 0.1) is 0 Å². The Balaban J connectivity index is 1.61. The van der Waals surface area contributed by atoms with Gasteiger partial charge in [-0.25, -0.2) is 4.98 Å². The summed E-state index contributed by atoms with van der Waals surface area (Å²) in [5.41, 5.74) is 1.82. The monoisotopic (exact) mass is 425 g/mol. The molecule has 0 spiro atoms. The molecule has 3 aromatic rings. The number of nitrogens with one attached hydrogen (secondary N) is 2. The SMILES string of the molecule is CCOc1ccc(NC(=O)Cc2cc(=O)[nH]c(SCc3cccc(OC)c3)n2)cc1. The third-order valence-electron chi connectivity index (χ3n) is 4.07. The van der Waals surface area contributed by atoms with Crippen molar-refractivity contribution in [1.82, 2.24) is 9.97 Å². The van der Waals surface area contributed by atoms with Gasteiger partial charge in [0.05, 0.1) is 25.8 Å². The maximum Gasteiger partial charge on any atom is 0.251 e. The lowest BCUT2D eigenvalue weighted by Crippen LogP contribution is -2.18. The average molecular weight is 426 g/mol. The Labute approximate surface area is 178 Å². The minimum absolute atomic E-state index is 0.00382. The van der Waals surface area contributed by atoms with Crippen LogP contribution >= 0.6 is 11.8 Å². The number of benzene rings is 2. The van der Waals surface area contributed by atoms with Crippen LogP contribution in [0.5, 0.6) is 11.5 Å². The number of aromatic nitrogens is 2. The van der Waals surface area contributed by atoms with Crippen molar-refractivity contribution < 1.29 is 14.3 Å². The second-order valence-electron chi connectivity index (χ2n) is 6.36. The van der Waals surface area contributed by atoms with Crippen molar-refractivity contribution in [3.63, 3.8) is 0 Å². The minimum Gasteiger partial charge on any atom is -0.497 e. The molecule has 3 rings (SSSR count). The number of hydrogen-bond acceptors (Lipinski definition) is 6. The lowest BCUT2D eigenvalue weighted by molar-refractivity contribution is -0.115. The van der Waals surface area contributed by atoms with Crippen molar-refractivity contribution in [1.29, 1.82) is 0 Å². The summed E-state index contributed by atoms with van der Waals surface area (Å²) in [4.78, 5) is 31.5. The van der Waals surface area contributed by atoms with Gasteiger partial charge in [-0.2, -0.15) is 0 Å². The van der Waals surface area contributed by atoms with Gasteiger partial charge in [-0.3, -0.25) is 9.59 Å². The molecule has 0 unspecified atom stereocenters. The number of methoxy groups -OCH3 is 1. The second kappa shape index (κ2) is 10.5. The van der Waals surface area contributed by atoms with E-state index in [2.05, 4.69) is 15.3 Å². The first-order chi connectivity index (χ1) is 14.6. The van der Waals surface area contributed by atoms with Gasteiger partial charge in [0.25, 0.3) is 5.56 Å². The van der Waals surface area contributed by atoms with Gasteiger partial charge < -0.3 is 19.8 Å². The molecule has 7 nitrogen and oxygen atoms in total. The van der Waals surface area contributed by atoms with Gasteiger partial charge in [-0.1, -0.05) is 23.9 Å². The van der Waals surface area contributed by atoms with E-state index >= 15 is 0 Å². The third kappa shape index (κ3) is 6.38. The van der Waals surface area contributed by atoms with Crippen LogP contribution in [-0.2, 0) is 17.0 Å². The number of ether oxygens (including phenoxy) is 2. The fraction of sp³-hybridized carbons (Fsp3) is 0.227. The predicted molar refractivity (Wildman–Crippen MR) is 117 cm³/mol. The van der Waals surface area contributed by atoms with E-state index in [0.29, 0.717) is 28.9 Å². The molecular weight excluding hydrogens is 402 g/mol. The van der Waals surface area contributed by atoms with Crippen LogP contribution in [0.15, 0.2) is 64.5 Å². The zero-order chi connectivity index (χ0) is 21.3. The Morgan fingerprint density at radius 3 is 2.67 bits per heavy atom. The lowest BCUT2D eigenvalue weighted by atomic mass is 10.2. The van der Waals surface area contributed by atoms with E-state index in [4.69, 9.17) is 9.47 Å².